The average molecular weight is 315 g/mol. The Kier molecular flexibility index (Phi) is 3.75. The summed E-state index contributed by atoms with van der Waals surface area (Å²) in [6.45, 7) is 4.56. The van der Waals surface area contributed by atoms with Crippen LogP contribution in [0, 0.1) is 0 Å². The van der Waals surface area contributed by atoms with Crippen LogP contribution >= 0.6 is 0 Å². The maximum Gasteiger partial charge on any atom is 0.326 e. The molecule has 23 heavy (non-hydrogen) atoms. The number of aromatic amines is 1. The minimum atomic E-state index is -0.258. The Morgan fingerprint density at radius 2 is 2.13 bits per heavy atom. The van der Waals surface area contributed by atoms with Crippen molar-refractivity contribution in [1.29, 1.82) is 0 Å². The van der Waals surface area contributed by atoms with Gasteiger partial charge in [0.25, 0.3) is 0 Å². The second-order valence-corrected chi connectivity index (χ2v) is 6.07. The summed E-state index contributed by atoms with van der Waals surface area (Å²) < 4.78 is 5.31. The van der Waals surface area contributed by atoms with Gasteiger partial charge in [0.05, 0.1) is 13.7 Å². The monoisotopic (exact) mass is 315 g/mol. The fraction of sp³-hybridized carbons (Fsp3) is 0.412. The quantitative estimate of drug-likeness (QED) is 0.880. The number of ether oxygens (including phenoxy) is 1. The number of carbonyl (C=O) groups excluding carboxylic acids is 2. The van der Waals surface area contributed by atoms with Crippen LogP contribution in [-0.4, -0.2) is 47.4 Å². The van der Waals surface area contributed by atoms with Crippen LogP contribution in [-0.2, 0) is 11.3 Å². The van der Waals surface area contributed by atoms with E-state index in [9.17, 15) is 9.59 Å². The first-order chi connectivity index (χ1) is 10.9. The number of nitrogens with one attached hydrogen (secondary N) is 1. The number of fused-ring (bicyclic) bond motifs is 3. The molecular weight excluding hydrogens is 294 g/mol. The molecule has 1 aromatic carbocycles. The van der Waals surface area contributed by atoms with E-state index in [2.05, 4.69) is 11.9 Å². The van der Waals surface area contributed by atoms with Crippen molar-refractivity contribution >= 4 is 22.8 Å². The molecule has 6 nitrogen and oxygen atoms in total. The highest BCUT2D eigenvalue weighted by Crippen LogP contribution is 2.36. The minimum Gasteiger partial charge on any atom is -0.497 e. The van der Waals surface area contributed by atoms with E-state index in [0.29, 0.717) is 13.1 Å². The van der Waals surface area contributed by atoms with Crippen molar-refractivity contribution in [3.63, 3.8) is 0 Å². The van der Waals surface area contributed by atoms with Gasteiger partial charge < -0.3 is 14.6 Å². The predicted octanol–water partition coefficient (Wildman–Crippen LogP) is 2.69. The molecule has 0 saturated carbocycles. The normalized spacial score (nSPS) is 17.0. The fourth-order valence-corrected chi connectivity index (χ4v) is 3.23. The number of benzene rings is 1. The molecule has 0 aliphatic carbocycles. The Bertz CT molecular complexity index is 781. The maximum absolute atomic E-state index is 12.4. The molecule has 1 unspecified atom stereocenters. The lowest BCUT2D eigenvalue weighted by Gasteiger charge is -2.33. The Hall–Kier alpha value is -2.50. The number of hydrogen-bond acceptors (Lipinski definition) is 3. The van der Waals surface area contributed by atoms with Gasteiger partial charge in [0, 0.05) is 43.0 Å². The van der Waals surface area contributed by atoms with E-state index in [-0.39, 0.29) is 17.9 Å². The van der Waals surface area contributed by atoms with Crippen molar-refractivity contribution in [2.45, 2.75) is 26.3 Å². The fourth-order valence-electron chi connectivity index (χ4n) is 3.23. The van der Waals surface area contributed by atoms with Gasteiger partial charge in [-0.15, -0.1) is 0 Å². The Morgan fingerprint density at radius 1 is 1.39 bits per heavy atom. The number of amides is 3. The molecule has 1 aliphatic heterocycles. The third-order valence-corrected chi connectivity index (χ3v) is 4.49. The van der Waals surface area contributed by atoms with Crippen LogP contribution in [0.2, 0.25) is 0 Å². The molecule has 0 radical (unpaired) electrons. The number of urea groups is 1. The van der Waals surface area contributed by atoms with Gasteiger partial charge in [-0.25, -0.2) is 4.79 Å². The average Bonchev–Trinajstić information content (AvgIpc) is 2.90. The molecule has 0 saturated heterocycles. The lowest BCUT2D eigenvalue weighted by atomic mass is 9.93. The molecule has 1 N–H and O–H groups in total. The molecule has 1 aliphatic rings. The molecule has 1 aromatic heterocycles. The molecule has 0 bridgehead atoms. The zero-order valence-corrected chi connectivity index (χ0v) is 13.8. The zero-order valence-electron chi connectivity index (χ0n) is 13.8. The van der Waals surface area contributed by atoms with Crippen LogP contribution in [0.15, 0.2) is 18.2 Å². The van der Waals surface area contributed by atoms with E-state index < -0.39 is 0 Å². The molecule has 0 fully saturated rings. The highest BCUT2D eigenvalue weighted by molar-refractivity contribution is 5.93. The van der Waals surface area contributed by atoms with Gasteiger partial charge in [-0.05, 0) is 23.8 Å². The molecule has 122 valence electrons. The van der Waals surface area contributed by atoms with Crippen molar-refractivity contribution in [3.05, 3.63) is 29.5 Å². The van der Waals surface area contributed by atoms with Gasteiger partial charge in [-0.3, -0.25) is 9.69 Å². The van der Waals surface area contributed by atoms with Crippen LogP contribution in [0.3, 0.4) is 0 Å². The summed E-state index contributed by atoms with van der Waals surface area (Å²) in [6, 6.07) is 5.68. The van der Waals surface area contributed by atoms with Crippen molar-refractivity contribution in [2.24, 2.45) is 0 Å². The van der Waals surface area contributed by atoms with Gasteiger partial charge in [-0.2, -0.15) is 0 Å². The molecule has 6 heteroatoms. The summed E-state index contributed by atoms with van der Waals surface area (Å²) in [5.74, 6) is 0.750. The molecule has 2 aromatic rings. The summed E-state index contributed by atoms with van der Waals surface area (Å²) in [7, 11) is 3.17. The van der Waals surface area contributed by atoms with E-state index in [4.69, 9.17) is 4.74 Å². The highest BCUT2D eigenvalue weighted by atomic mass is 16.5. The highest BCUT2D eigenvalue weighted by Gasteiger charge is 2.31. The molecule has 3 rings (SSSR count). The Morgan fingerprint density at radius 3 is 2.78 bits per heavy atom. The summed E-state index contributed by atoms with van der Waals surface area (Å²) in [5.41, 5.74) is 3.29. The van der Waals surface area contributed by atoms with Crippen molar-refractivity contribution in [3.8, 4) is 5.75 Å². The van der Waals surface area contributed by atoms with E-state index in [1.807, 2.05) is 18.2 Å². The topological polar surface area (TPSA) is 65.6 Å². The third-order valence-electron chi connectivity index (χ3n) is 4.49. The number of rotatable bonds is 1. The van der Waals surface area contributed by atoms with Crippen molar-refractivity contribution in [1.82, 2.24) is 14.8 Å². The SMILES string of the molecule is COc1ccc2[nH]c3c(c2c1)C(C)CN(C(=O)N(C)C(C)=O)C3. The third kappa shape index (κ3) is 2.54. The largest absolute Gasteiger partial charge is 0.497 e. The number of nitrogens with zero attached hydrogens (tertiary/aromatic N) is 2. The number of carbonyl (C=O) groups is 2. The van der Waals surface area contributed by atoms with Crippen LogP contribution in [0.4, 0.5) is 4.79 Å². The first kappa shape index (κ1) is 15.4. The van der Waals surface area contributed by atoms with Gasteiger partial charge in [0.2, 0.25) is 5.91 Å². The van der Waals surface area contributed by atoms with E-state index in [0.717, 1.165) is 27.2 Å². The predicted molar refractivity (Wildman–Crippen MR) is 87.5 cm³/mol. The van der Waals surface area contributed by atoms with Gasteiger partial charge in [0.15, 0.2) is 0 Å². The smallest absolute Gasteiger partial charge is 0.326 e. The van der Waals surface area contributed by atoms with Crippen LogP contribution in [0.25, 0.3) is 10.9 Å². The Labute approximate surface area is 135 Å². The van der Waals surface area contributed by atoms with Gasteiger partial charge >= 0.3 is 6.03 Å². The summed E-state index contributed by atoms with van der Waals surface area (Å²) in [4.78, 5) is 30.1. The molecule has 3 amide bonds. The number of hydrogen-bond donors (Lipinski definition) is 1. The van der Waals surface area contributed by atoms with Crippen molar-refractivity contribution < 1.29 is 14.3 Å². The first-order valence-electron chi connectivity index (χ1n) is 7.64. The van der Waals surface area contributed by atoms with Crippen LogP contribution in [0.1, 0.15) is 31.0 Å². The number of methoxy groups -OCH3 is 1. The number of imide groups is 1. The molecule has 2 heterocycles. The lowest BCUT2D eigenvalue weighted by molar-refractivity contribution is -0.125. The van der Waals surface area contributed by atoms with E-state index >= 15 is 0 Å². The van der Waals surface area contributed by atoms with Gasteiger partial charge in [-0.1, -0.05) is 6.92 Å². The zero-order chi connectivity index (χ0) is 16.7. The number of H-pyrrole nitrogens is 1. The lowest BCUT2D eigenvalue weighted by Crippen LogP contribution is -2.46. The number of aromatic nitrogens is 1. The summed E-state index contributed by atoms with van der Waals surface area (Å²) in [5, 5.41) is 1.14. The van der Waals surface area contributed by atoms with E-state index in [1.165, 1.54) is 19.5 Å². The first-order valence-corrected chi connectivity index (χ1v) is 7.64. The molecular formula is C17H21N3O3. The summed E-state index contributed by atoms with van der Waals surface area (Å²) >= 11 is 0. The second kappa shape index (κ2) is 5.61. The van der Waals surface area contributed by atoms with Gasteiger partial charge in [0.1, 0.15) is 5.75 Å². The van der Waals surface area contributed by atoms with Crippen LogP contribution < -0.4 is 4.74 Å². The van der Waals surface area contributed by atoms with E-state index in [1.54, 1.807) is 12.0 Å². The molecule has 0 spiro atoms. The minimum absolute atomic E-state index is 0.184. The summed E-state index contributed by atoms with van der Waals surface area (Å²) in [6.07, 6.45) is 0. The van der Waals surface area contributed by atoms with Crippen molar-refractivity contribution in [2.75, 3.05) is 20.7 Å². The second-order valence-electron chi connectivity index (χ2n) is 6.07. The van der Waals surface area contributed by atoms with Crippen LogP contribution in [0.5, 0.6) is 5.75 Å². The maximum atomic E-state index is 12.4. The standard InChI is InChI=1S/C17H21N3O3/c1-10-8-20(17(22)19(3)11(2)21)9-15-16(10)13-7-12(23-4)5-6-14(13)18-15/h5-7,10,18H,8-9H2,1-4H3. The Balaban J connectivity index is 1.98. The molecule has 1 atom stereocenters.